The molecule has 1 saturated heterocycles. The first kappa shape index (κ1) is 15.0. The van der Waals surface area contributed by atoms with Crippen LogP contribution in [0.4, 0.5) is 5.95 Å². The number of H-pyrrole nitrogens is 1. The van der Waals surface area contributed by atoms with E-state index in [9.17, 15) is 0 Å². The maximum atomic E-state index is 5.51. The van der Waals surface area contributed by atoms with E-state index in [0.29, 0.717) is 12.1 Å². The van der Waals surface area contributed by atoms with E-state index in [0.717, 1.165) is 36.9 Å². The van der Waals surface area contributed by atoms with Crippen LogP contribution in [0.1, 0.15) is 52.0 Å². The molecule has 3 rings (SSSR count). The monoisotopic (exact) mass is 309 g/mol. The first-order valence-electron chi connectivity index (χ1n) is 8.36. The lowest BCUT2D eigenvalue weighted by molar-refractivity contribution is 0.197. The lowest BCUT2D eigenvalue weighted by Gasteiger charge is -2.40. The summed E-state index contributed by atoms with van der Waals surface area (Å²) in [5.41, 5.74) is 0. The maximum Gasteiger partial charge on any atom is 0.226 e. The smallest absolute Gasteiger partial charge is 0.226 e. The molecule has 0 amide bonds. The summed E-state index contributed by atoms with van der Waals surface area (Å²) in [7, 11) is 0. The molecule has 1 aromatic rings. The summed E-state index contributed by atoms with van der Waals surface area (Å²) in [6.07, 6.45) is 6.48. The Labute approximate surface area is 132 Å². The molecule has 5 nitrogen and oxygen atoms in total. The minimum Gasteiger partial charge on any atom is -0.338 e. The standard InChI is InChI=1S/C15H27N5S/c1-3-18-9-10-19(11-12(18)2)14-16-17-15(21)20(14)13-7-5-4-6-8-13/h12-13H,3-11H2,1-2H3,(H,17,21). The zero-order valence-electron chi connectivity index (χ0n) is 13.2. The van der Waals surface area contributed by atoms with Crippen LogP contribution in [0.15, 0.2) is 0 Å². The molecule has 0 radical (unpaired) electrons. The van der Waals surface area contributed by atoms with Gasteiger partial charge in [0.1, 0.15) is 0 Å². The van der Waals surface area contributed by atoms with Gasteiger partial charge in [-0.05, 0) is 38.5 Å². The molecule has 1 N–H and O–H groups in total. The van der Waals surface area contributed by atoms with E-state index in [1.807, 2.05) is 0 Å². The first-order valence-corrected chi connectivity index (χ1v) is 8.77. The van der Waals surface area contributed by atoms with Crippen LogP contribution in [0.5, 0.6) is 0 Å². The molecule has 1 unspecified atom stereocenters. The zero-order valence-corrected chi connectivity index (χ0v) is 14.0. The Balaban J connectivity index is 1.81. The second-order valence-corrected chi connectivity index (χ2v) is 6.80. The summed E-state index contributed by atoms with van der Waals surface area (Å²) >= 11 is 5.51. The van der Waals surface area contributed by atoms with Crippen LogP contribution in [-0.2, 0) is 0 Å². The van der Waals surface area contributed by atoms with Crippen molar-refractivity contribution in [3.63, 3.8) is 0 Å². The number of aromatic amines is 1. The number of likely N-dealkylation sites (N-methyl/N-ethyl adjacent to an activating group) is 1. The number of hydrogen-bond acceptors (Lipinski definition) is 4. The largest absolute Gasteiger partial charge is 0.338 e. The molecule has 6 heteroatoms. The summed E-state index contributed by atoms with van der Waals surface area (Å²) in [4.78, 5) is 4.94. The van der Waals surface area contributed by atoms with Crippen LogP contribution in [0.3, 0.4) is 0 Å². The van der Waals surface area contributed by atoms with Crippen molar-refractivity contribution >= 4 is 18.2 Å². The number of piperazine rings is 1. The Morgan fingerprint density at radius 2 is 2.00 bits per heavy atom. The number of rotatable bonds is 3. The summed E-state index contributed by atoms with van der Waals surface area (Å²) in [6.45, 7) is 8.88. The van der Waals surface area contributed by atoms with Gasteiger partial charge < -0.3 is 4.90 Å². The van der Waals surface area contributed by atoms with Gasteiger partial charge >= 0.3 is 0 Å². The fourth-order valence-electron chi connectivity index (χ4n) is 3.83. The summed E-state index contributed by atoms with van der Waals surface area (Å²) in [6, 6.07) is 1.12. The van der Waals surface area contributed by atoms with Crippen LogP contribution < -0.4 is 4.90 Å². The minimum atomic E-state index is 0.541. The van der Waals surface area contributed by atoms with Crippen LogP contribution in [0, 0.1) is 4.77 Å². The molecular weight excluding hydrogens is 282 g/mol. The minimum absolute atomic E-state index is 0.541. The second-order valence-electron chi connectivity index (χ2n) is 6.41. The van der Waals surface area contributed by atoms with Crippen molar-refractivity contribution in [1.29, 1.82) is 0 Å². The van der Waals surface area contributed by atoms with Crippen LogP contribution in [0.25, 0.3) is 0 Å². The molecule has 0 spiro atoms. The lowest BCUT2D eigenvalue weighted by atomic mass is 9.95. The van der Waals surface area contributed by atoms with Gasteiger partial charge in [0.2, 0.25) is 5.95 Å². The van der Waals surface area contributed by atoms with E-state index in [1.165, 1.54) is 32.1 Å². The van der Waals surface area contributed by atoms with E-state index in [-0.39, 0.29) is 0 Å². The van der Waals surface area contributed by atoms with Gasteiger partial charge in [-0.15, -0.1) is 5.10 Å². The quantitative estimate of drug-likeness (QED) is 0.872. The van der Waals surface area contributed by atoms with Crippen LogP contribution >= 0.6 is 12.2 Å². The SMILES string of the molecule is CCN1CCN(c2n[nH]c(=S)n2C2CCCCC2)CC1C. The molecule has 118 valence electrons. The molecule has 1 aliphatic carbocycles. The Hall–Kier alpha value is -0.880. The molecule has 1 aromatic heterocycles. The molecular formula is C15H27N5S. The van der Waals surface area contributed by atoms with Gasteiger partial charge in [-0.25, -0.2) is 5.10 Å². The van der Waals surface area contributed by atoms with Gasteiger partial charge in [0.25, 0.3) is 0 Å². The number of anilines is 1. The number of nitrogens with one attached hydrogen (secondary N) is 1. The number of hydrogen-bond donors (Lipinski definition) is 1. The van der Waals surface area contributed by atoms with Gasteiger partial charge in [0, 0.05) is 31.7 Å². The fraction of sp³-hybridized carbons (Fsp3) is 0.867. The molecule has 2 heterocycles. The van der Waals surface area contributed by atoms with Crippen LogP contribution in [0.2, 0.25) is 0 Å². The second kappa shape index (κ2) is 6.48. The third-order valence-corrected chi connectivity index (χ3v) is 5.37. The Morgan fingerprint density at radius 1 is 1.24 bits per heavy atom. The van der Waals surface area contributed by atoms with Crippen molar-refractivity contribution in [2.45, 2.75) is 58.0 Å². The first-order chi connectivity index (χ1) is 10.2. The van der Waals surface area contributed by atoms with Crippen molar-refractivity contribution < 1.29 is 0 Å². The van der Waals surface area contributed by atoms with Gasteiger partial charge in [-0.2, -0.15) is 0 Å². The normalized spacial score (nSPS) is 25.4. The van der Waals surface area contributed by atoms with E-state index in [2.05, 4.69) is 38.4 Å². The Morgan fingerprint density at radius 3 is 2.67 bits per heavy atom. The highest BCUT2D eigenvalue weighted by atomic mass is 32.1. The highest BCUT2D eigenvalue weighted by molar-refractivity contribution is 7.71. The highest BCUT2D eigenvalue weighted by Gasteiger charge is 2.28. The topological polar surface area (TPSA) is 40.1 Å². The predicted octanol–water partition coefficient (Wildman–Crippen LogP) is 2.98. The van der Waals surface area contributed by atoms with Gasteiger partial charge in [0.05, 0.1) is 0 Å². The van der Waals surface area contributed by atoms with E-state index in [4.69, 9.17) is 12.2 Å². The number of aromatic nitrogens is 3. The van der Waals surface area contributed by atoms with E-state index >= 15 is 0 Å². The van der Waals surface area contributed by atoms with Crippen molar-refractivity contribution in [2.24, 2.45) is 0 Å². The molecule has 0 aromatic carbocycles. The third kappa shape index (κ3) is 3.01. The molecule has 2 fully saturated rings. The van der Waals surface area contributed by atoms with E-state index < -0.39 is 0 Å². The number of nitrogens with zero attached hydrogens (tertiary/aromatic N) is 4. The Bertz CT molecular complexity index is 516. The fourth-order valence-corrected chi connectivity index (χ4v) is 4.11. The van der Waals surface area contributed by atoms with Crippen molar-refractivity contribution in [3.05, 3.63) is 4.77 Å². The van der Waals surface area contributed by atoms with Crippen LogP contribution in [-0.4, -0.2) is 51.9 Å². The van der Waals surface area contributed by atoms with E-state index in [1.54, 1.807) is 0 Å². The molecule has 1 atom stereocenters. The molecule has 21 heavy (non-hydrogen) atoms. The molecule has 1 aliphatic heterocycles. The van der Waals surface area contributed by atoms with Crippen molar-refractivity contribution in [2.75, 3.05) is 31.1 Å². The zero-order chi connectivity index (χ0) is 14.8. The van der Waals surface area contributed by atoms with Crippen molar-refractivity contribution in [3.8, 4) is 0 Å². The van der Waals surface area contributed by atoms with Gasteiger partial charge in [-0.3, -0.25) is 9.47 Å². The summed E-state index contributed by atoms with van der Waals surface area (Å²) < 4.78 is 3.09. The Kier molecular flexibility index (Phi) is 4.64. The van der Waals surface area contributed by atoms with Crippen molar-refractivity contribution in [1.82, 2.24) is 19.7 Å². The third-order valence-electron chi connectivity index (χ3n) is 5.08. The highest BCUT2D eigenvalue weighted by Crippen LogP contribution is 2.31. The molecule has 2 aliphatic rings. The van der Waals surface area contributed by atoms with Gasteiger partial charge in [-0.1, -0.05) is 26.2 Å². The summed E-state index contributed by atoms with van der Waals surface area (Å²) in [5, 5.41) is 7.59. The molecule has 1 saturated carbocycles. The lowest BCUT2D eigenvalue weighted by Crippen LogP contribution is -2.52. The maximum absolute atomic E-state index is 5.51. The predicted molar refractivity (Wildman–Crippen MR) is 88.5 cm³/mol. The average Bonchev–Trinajstić information content (AvgIpc) is 2.90. The van der Waals surface area contributed by atoms with Gasteiger partial charge in [0.15, 0.2) is 4.77 Å². The summed E-state index contributed by atoms with van der Waals surface area (Å²) in [5.74, 6) is 1.06. The molecule has 0 bridgehead atoms. The average molecular weight is 309 g/mol.